The van der Waals surface area contributed by atoms with Crippen LogP contribution >= 0.6 is 23.2 Å². The molecule has 0 bridgehead atoms. The van der Waals surface area contributed by atoms with Crippen molar-refractivity contribution < 1.29 is 14.3 Å². The second-order valence-corrected chi connectivity index (χ2v) is 6.94. The molecule has 0 unspecified atom stereocenters. The molecule has 1 aromatic rings. The second kappa shape index (κ2) is 6.53. The van der Waals surface area contributed by atoms with Crippen molar-refractivity contribution in [1.82, 2.24) is 9.47 Å². The molecule has 0 radical (unpaired) electrons. The molecule has 23 heavy (non-hydrogen) atoms. The molecule has 1 aliphatic rings. The summed E-state index contributed by atoms with van der Waals surface area (Å²) in [4.78, 5) is 37.6. The minimum atomic E-state index is -0.603. The minimum Gasteiger partial charge on any atom is -0.444 e. The maximum absolute atomic E-state index is 12.2. The first-order valence-electron chi connectivity index (χ1n) is 7.14. The normalized spacial score (nSPS) is 14.4. The number of rotatable bonds is 1. The molecule has 2 rings (SSSR count). The number of aromatic nitrogens is 1. The Bertz CT molecular complexity index is 707. The maximum Gasteiger partial charge on any atom is 0.410 e. The average molecular weight is 361 g/mol. The third-order valence-electron chi connectivity index (χ3n) is 3.36. The average Bonchev–Trinajstić information content (AvgIpc) is 2.44. The first-order valence-corrected chi connectivity index (χ1v) is 8.05. The Labute approximate surface area is 143 Å². The molecule has 0 spiro atoms. The van der Waals surface area contributed by atoms with Crippen molar-refractivity contribution in [1.29, 1.82) is 0 Å². The molecule has 126 valence electrons. The highest BCUT2D eigenvalue weighted by atomic mass is 35.5. The van der Waals surface area contributed by atoms with Gasteiger partial charge in [0.05, 0.1) is 11.6 Å². The summed E-state index contributed by atoms with van der Waals surface area (Å²) in [6, 6.07) is 1.17. The Hall–Kier alpha value is -1.53. The van der Waals surface area contributed by atoms with Crippen molar-refractivity contribution in [3.05, 3.63) is 32.7 Å². The van der Waals surface area contributed by atoms with Gasteiger partial charge in [0.25, 0.3) is 5.56 Å². The zero-order valence-electron chi connectivity index (χ0n) is 13.2. The van der Waals surface area contributed by atoms with Crippen LogP contribution in [0, 0.1) is 0 Å². The van der Waals surface area contributed by atoms with Crippen LogP contribution in [-0.2, 0) is 17.7 Å². The Morgan fingerprint density at radius 2 is 2.00 bits per heavy atom. The summed E-state index contributed by atoms with van der Waals surface area (Å²) in [5.74, 6) is -0.806. The van der Waals surface area contributed by atoms with Crippen LogP contribution < -0.4 is 5.56 Å². The predicted molar refractivity (Wildman–Crippen MR) is 87.4 cm³/mol. The first-order chi connectivity index (χ1) is 10.6. The van der Waals surface area contributed by atoms with E-state index in [2.05, 4.69) is 0 Å². The molecule has 0 atom stereocenters. The van der Waals surface area contributed by atoms with E-state index in [9.17, 15) is 14.4 Å². The fraction of sp³-hybridized carbons (Fsp3) is 0.533. The van der Waals surface area contributed by atoms with Gasteiger partial charge in [0.15, 0.2) is 0 Å². The highest BCUT2D eigenvalue weighted by molar-refractivity contribution is 6.31. The monoisotopic (exact) mass is 360 g/mol. The first kappa shape index (κ1) is 17.8. The van der Waals surface area contributed by atoms with E-state index < -0.39 is 23.2 Å². The van der Waals surface area contributed by atoms with Crippen LogP contribution in [0.4, 0.5) is 4.79 Å². The number of halogens is 2. The zero-order chi connectivity index (χ0) is 17.4. The molecule has 1 amide bonds. The topological polar surface area (TPSA) is 68.6 Å². The van der Waals surface area contributed by atoms with Crippen molar-refractivity contribution in [2.75, 3.05) is 12.4 Å². The van der Waals surface area contributed by atoms with Gasteiger partial charge in [-0.15, -0.1) is 11.6 Å². The van der Waals surface area contributed by atoms with Gasteiger partial charge in [-0.2, -0.15) is 0 Å². The van der Waals surface area contributed by atoms with Gasteiger partial charge in [-0.1, -0.05) is 11.6 Å². The van der Waals surface area contributed by atoms with Crippen molar-refractivity contribution in [2.45, 2.75) is 39.3 Å². The summed E-state index contributed by atoms with van der Waals surface area (Å²) in [5, 5.41) is 0.233. The molecule has 0 saturated heterocycles. The number of pyridine rings is 1. The van der Waals surface area contributed by atoms with Crippen LogP contribution in [0.3, 0.4) is 0 Å². The molecule has 1 aromatic heterocycles. The summed E-state index contributed by atoms with van der Waals surface area (Å²) >= 11 is 11.7. The summed E-state index contributed by atoms with van der Waals surface area (Å²) in [6.07, 6.45) is -0.131. The smallest absolute Gasteiger partial charge is 0.410 e. The predicted octanol–water partition coefficient (Wildman–Crippen LogP) is 2.67. The molecule has 0 fully saturated rings. The van der Waals surface area contributed by atoms with Crippen LogP contribution in [0.25, 0.3) is 0 Å². The van der Waals surface area contributed by atoms with Crippen molar-refractivity contribution in [3.8, 4) is 0 Å². The quantitative estimate of drug-likeness (QED) is 0.722. The molecule has 0 saturated carbocycles. The Morgan fingerprint density at radius 3 is 2.57 bits per heavy atom. The second-order valence-electron chi connectivity index (χ2n) is 6.27. The summed E-state index contributed by atoms with van der Waals surface area (Å²) < 4.78 is 6.38. The highest BCUT2D eigenvalue weighted by Crippen LogP contribution is 2.26. The molecule has 1 aliphatic heterocycles. The van der Waals surface area contributed by atoms with E-state index in [1.165, 1.54) is 11.0 Å². The lowest BCUT2D eigenvalue weighted by molar-refractivity contribution is 0.0222. The summed E-state index contributed by atoms with van der Waals surface area (Å²) in [7, 11) is 0. The molecule has 6 nitrogen and oxygen atoms in total. The lowest BCUT2D eigenvalue weighted by atomic mass is 10.1. The minimum absolute atomic E-state index is 0.179. The van der Waals surface area contributed by atoms with E-state index in [4.69, 9.17) is 27.9 Å². The largest absolute Gasteiger partial charge is 0.444 e. The fourth-order valence-corrected chi connectivity index (χ4v) is 2.80. The Kier molecular flexibility index (Phi) is 5.06. The number of hydrogen-bond acceptors (Lipinski definition) is 4. The van der Waals surface area contributed by atoms with Crippen LogP contribution in [-0.4, -0.2) is 39.5 Å². The van der Waals surface area contributed by atoms with Gasteiger partial charge in [0.2, 0.25) is 5.91 Å². The molecule has 2 heterocycles. The van der Waals surface area contributed by atoms with E-state index in [1.54, 1.807) is 20.8 Å². The van der Waals surface area contributed by atoms with E-state index in [-0.39, 0.29) is 17.4 Å². The number of ether oxygens (including phenoxy) is 1. The van der Waals surface area contributed by atoms with Gasteiger partial charge in [-0.25, -0.2) is 9.36 Å². The lowest BCUT2D eigenvalue weighted by Crippen LogP contribution is -2.43. The Balaban J connectivity index is 2.37. The van der Waals surface area contributed by atoms with Gasteiger partial charge in [-0.05, 0) is 20.8 Å². The number of carbonyl (C=O) groups excluding carboxylic acids is 2. The summed E-state index contributed by atoms with van der Waals surface area (Å²) in [5.41, 5.74) is -0.0333. The van der Waals surface area contributed by atoms with E-state index in [0.717, 1.165) is 4.57 Å². The van der Waals surface area contributed by atoms with Gasteiger partial charge in [-0.3, -0.25) is 9.59 Å². The van der Waals surface area contributed by atoms with Crippen molar-refractivity contribution in [2.24, 2.45) is 0 Å². The molecule has 0 N–H and O–H groups in total. The van der Waals surface area contributed by atoms with Crippen molar-refractivity contribution in [3.63, 3.8) is 0 Å². The molecule has 8 heteroatoms. The third-order valence-corrected chi connectivity index (χ3v) is 3.93. The van der Waals surface area contributed by atoms with E-state index in [1.807, 2.05) is 0 Å². The van der Waals surface area contributed by atoms with Crippen LogP contribution in [0.15, 0.2) is 10.9 Å². The number of alkyl halides is 1. The zero-order valence-corrected chi connectivity index (χ0v) is 14.7. The van der Waals surface area contributed by atoms with E-state index in [0.29, 0.717) is 24.2 Å². The molecule has 0 aliphatic carbocycles. The Morgan fingerprint density at radius 1 is 1.35 bits per heavy atom. The van der Waals surface area contributed by atoms with Gasteiger partial charge in [0.1, 0.15) is 11.5 Å². The van der Waals surface area contributed by atoms with Gasteiger partial charge < -0.3 is 9.64 Å². The molecular formula is C15H18Cl2N2O4. The lowest BCUT2D eigenvalue weighted by Gasteiger charge is -2.32. The van der Waals surface area contributed by atoms with Crippen LogP contribution in [0.1, 0.15) is 36.8 Å². The van der Waals surface area contributed by atoms with E-state index >= 15 is 0 Å². The molecule has 0 aromatic carbocycles. The SMILES string of the molecule is CC(C)(C)OC(=O)N1CCc2c(c(Cl)cc(=O)n2C(=O)CCl)C1. The number of nitrogens with zero attached hydrogens (tertiary/aromatic N) is 2. The fourth-order valence-electron chi connectivity index (χ4n) is 2.42. The number of hydrogen-bond donors (Lipinski definition) is 0. The van der Waals surface area contributed by atoms with Crippen LogP contribution in [0.5, 0.6) is 0 Å². The number of fused-ring (bicyclic) bond motifs is 1. The van der Waals surface area contributed by atoms with Crippen LogP contribution in [0.2, 0.25) is 5.02 Å². The highest BCUT2D eigenvalue weighted by Gasteiger charge is 2.29. The summed E-state index contributed by atoms with van der Waals surface area (Å²) in [6.45, 7) is 5.86. The maximum atomic E-state index is 12.2. The number of carbonyl (C=O) groups is 2. The van der Waals surface area contributed by atoms with Crippen molar-refractivity contribution >= 4 is 35.2 Å². The standard InChI is InChI=1S/C15H18Cl2N2O4/c1-15(2,3)23-14(22)18-5-4-11-9(8-18)10(17)6-12(20)19(11)13(21)7-16/h6H,4-5,7-8H2,1-3H3. The third kappa shape index (κ3) is 3.87. The number of amides is 1. The molecular weight excluding hydrogens is 343 g/mol. The van der Waals surface area contributed by atoms with Gasteiger partial charge >= 0.3 is 6.09 Å². The van der Waals surface area contributed by atoms with Gasteiger partial charge in [0, 0.05) is 30.3 Å².